The minimum Gasteiger partial charge on any atom is -0.477 e. The zero-order chi connectivity index (χ0) is 16.4. The van der Waals surface area contributed by atoms with Crippen LogP contribution >= 0.6 is 0 Å². The molecule has 0 aromatic carbocycles. The van der Waals surface area contributed by atoms with E-state index in [1.165, 1.54) is 18.4 Å². The van der Waals surface area contributed by atoms with Gasteiger partial charge in [-0.1, -0.05) is 6.07 Å². The first-order valence-electron chi connectivity index (χ1n) is 8.83. The van der Waals surface area contributed by atoms with Gasteiger partial charge in [-0.3, -0.25) is 0 Å². The first-order valence-corrected chi connectivity index (χ1v) is 8.83. The van der Waals surface area contributed by atoms with Gasteiger partial charge in [0.05, 0.1) is 12.3 Å². The fraction of sp³-hybridized carbons (Fsp3) is 0.556. The third-order valence-corrected chi connectivity index (χ3v) is 4.63. The minimum atomic E-state index is 0.547. The van der Waals surface area contributed by atoms with E-state index in [1.54, 1.807) is 0 Å². The normalized spacial score (nSPS) is 19.6. The second kappa shape index (κ2) is 6.81. The van der Waals surface area contributed by atoms with Gasteiger partial charge in [0, 0.05) is 50.4 Å². The molecule has 0 unspecified atom stereocenters. The van der Waals surface area contributed by atoms with Crippen LogP contribution in [0.4, 0.5) is 5.82 Å². The van der Waals surface area contributed by atoms with Gasteiger partial charge in [-0.2, -0.15) is 5.10 Å². The van der Waals surface area contributed by atoms with Crippen LogP contribution in [0.1, 0.15) is 24.1 Å². The second-order valence-electron chi connectivity index (χ2n) is 6.99. The van der Waals surface area contributed by atoms with E-state index in [0.717, 1.165) is 56.1 Å². The molecule has 2 aliphatic rings. The third-order valence-electron chi connectivity index (χ3n) is 4.63. The molecule has 2 aromatic heterocycles. The molecule has 1 saturated carbocycles. The Morgan fingerprint density at radius 1 is 1.33 bits per heavy atom. The lowest BCUT2D eigenvalue weighted by Crippen LogP contribution is -2.35. The van der Waals surface area contributed by atoms with E-state index in [9.17, 15) is 0 Å². The number of ether oxygens (including phenoxy) is 1. The molecular weight excluding hydrogens is 302 g/mol. The van der Waals surface area contributed by atoms with Crippen LogP contribution in [-0.2, 0) is 13.1 Å². The lowest BCUT2D eigenvalue weighted by atomic mass is 10.1. The zero-order valence-electron chi connectivity index (χ0n) is 14.2. The summed E-state index contributed by atoms with van der Waals surface area (Å²) in [5, 5.41) is 11.5. The fourth-order valence-corrected chi connectivity index (χ4v) is 3.03. The summed E-state index contributed by atoms with van der Waals surface area (Å²) in [7, 11) is 0. The summed E-state index contributed by atoms with van der Waals surface area (Å²) in [6, 6.07) is 6.17. The Labute approximate surface area is 142 Å². The van der Waals surface area contributed by atoms with Crippen molar-refractivity contribution in [1.29, 1.82) is 0 Å². The Morgan fingerprint density at radius 3 is 3.04 bits per heavy atom. The average Bonchev–Trinajstić information content (AvgIpc) is 3.34. The molecule has 0 spiro atoms. The molecule has 1 aliphatic heterocycles. The maximum atomic E-state index is 5.67. The highest BCUT2D eigenvalue weighted by atomic mass is 16.5. The summed E-state index contributed by atoms with van der Waals surface area (Å²) in [5.74, 6) is 3.18. The van der Waals surface area contributed by atoms with E-state index in [0.29, 0.717) is 5.92 Å². The van der Waals surface area contributed by atoms with Crippen molar-refractivity contribution in [3.8, 4) is 5.88 Å². The Bertz CT molecular complexity index is 677. The zero-order valence-corrected chi connectivity index (χ0v) is 14.2. The van der Waals surface area contributed by atoms with E-state index < -0.39 is 0 Å². The summed E-state index contributed by atoms with van der Waals surface area (Å²) in [5.41, 5.74) is 2.26. The van der Waals surface area contributed by atoms with Crippen molar-refractivity contribution in [1.82, 2.24) is 20.1 Å². The highest BCUT2D eigenvalue weighted by Gasteiger charge is 2.22. The number of anilines is 1. The van der Waals surface area contributed by atoms with Crippen molar-refractivity contribution >= 4 is 5.82 Å². The highest BCUT2D eigenvalue weighted by Crippen LogP contribution is 2.29. The molecule has 128 valence electrons. The van der Waals surface area contributed by atoms with Gasteiger partial charge in [0.15, 0.2) is 0 Å². The largest absolute Gasteiger partial charge is 0.477 e. The molecule has 4 rings (SSSR count). The summed E-state index contributed by atoms with van der Waals surface area (Å²) in [4.78, 5) is 4.39. The molecule has 1 atom stereocenters. The number of pyridine rings is 1. The average molecular weight is 327 g/mol. The van der Waals surface area contributed by atoms with Gasteiger partial charge in [0.25, 0.3) is 0 Å². The maximum Gasteiger partial charge on any atom is 0.213 e. The van der Waals surface area contributed by atoms with E-state index in [2.05, 4.69) is 37.5 Å². The molecule has 0 radical (unpaired) electrons. The number of aryl methyl sites for hydroxylation is 1. The Morgan fingerprint density at radius 2 is 2.25 bits per heavy atom. The van der Waals surface area contributed by atoms with Crippen LogP contribution in [0.2, 0.25) is 0 Å². The topological polar surface area (TPSA) is 64.0 Å². The number of aromatic nitrogens is 3. The fourth-order valence-electron chi connectivity index (χ4n) is 3.03. The van der Waals surface area contributed by atoms with Crippen LogP contribution < -0.4 is 15.4 Å². The van der Waals surface area contributed by atoms with E-state index in [-0.39, 0.29) is 0 Å². The summed E-state index contributed by atoms with van der Waals surface area (Å²) >= 11 is 0. The van der Waals surface area contributed by atoms with Crippen LogP contribution in [0, 0.1) is 18.8 Å². The number of nitrogens with zero attached hydrogens (tertiary/aromatic N) is 3. The summed E-state index contributed by atoms with van der Waals surface area (Å²) in [6.45, 7) is 6.60. The Hall–Kier alpha value is -2.08. The SMILES string of the molecule is Cc1cc2n(n1)C[C@@H](CNCc1ccc(OCC3CC3)nc1)CN2. The number of hydrogen-bond donors (Lipinski definition) is 2. The molecule has 0 saturated heterocycles. The van der Waals surface area contributed by atoms with Crippen molar-refractivity contribution in [2.45, 2.75) is 32.9 Å². The number of hydrogen-bond acceptors (Lipinski definition) is 5. The minimum absolute atomic E-state index is 0.547. The molecule has 0 bridgehead atoms. The number of fused-ring (bicyclic) bond motifs is 1. The van der Waals surface area contributed by atoms with Gasteiger partial charge in [0.2, 0.25) is 5.88 Å². The van der Waals surface area contributed by atoms with Crippen molar-refractivity contribution in [3.63, 3.8) is 0 Å². The van der Waals surface area contributed by atoms with E-state index >= 15 is 0 Å². The molecule has 6 heteroatoms. The first-order chi connectivity index (χ1) is 11.8. The summed E-state index contributed by atoms with van der Waals surface area (Å²) < 4.78 is 7.74. The van der Waals surface area contributed by atoms with Gasteiger partial charge >= 0.3 is 0 Å². The third kappa shape index (κ3) is 3.87. The smallest absolute Gasteiger partial charge is 0.213 e. The molecule has 1 fully saturated rings. The Balaban J connectivity index is 1.21. The van der Waals surface area contributed by atoms with Crippen LogP contribution in [-0.4, -0.2) is 34.5 Å². The van der Waals surface area contributed by atoms with Gasteiger partial charge < -0.3 is 15.4 Å². The monoisotopic (exact) mass is 327 g/mol. The van der Waals surface area contributed by atoms with Crippen molar-refractivity contribution in [2.24, 2.45) is 11.8 Å². The second-order valence-corrected chi connectivity index (χ2v) is 6.99. The van der Waals surface area contributed by atoms with Gasteiger partial charge in [0.1, 0.15) is 5.82 Å². The Kier molecular flexibility index (Phi) is 4.38. The van der Waals surface area contributed by atoms with Crippen molar-refractivity contribution in [3.05, 3.63) is 35.7 Å². The van der Waals surface area contributed by atoms with Crippen LogP contribution in [0.25, 0.3) is 0 Å². The maximum absolute atomic E-state index is 5.67. The van der Waals surface area contributed by atoms with E-state index in [1.807, 2.05) is 19.2 Å². The van der Waals surface area contributed by atoms with Crippen LogP contribution in [0.15, 0.2) is 24.4 Å². The first kappa shape index (κ1) is 15.4. The number of rotatable bonds is 7. The highest BCUT2D eigenvalue weighted by molar-refractivity contribution is 5.38. The van der Waals surface area contributed by atoms with Crippen molar-refractivity contribution in [2.75, 3.05) is 25.0 Å². The number of nitrogens with one attached hydrogen (secondary N) is 2. The lowest BCUT2D eigenvalue weighted by Gasteiger charge is -2.25. The van der Waals surface area contributed by atoms with Crippen molar-refractivity contribution < 1.29 is 4.74 Å². The molecular formula is C18H25N5O. The molecule has 0 amide bonds. The van der Waals surface area contributed by atoms with Gasteiger partial charge in [-0.25, -0.2) is 9.67 Å². The molecule has 24 heavy (non-hydrogen) atoms. The van der Waals surface area contributed by atoms with Crippen LogP contribution in [0.3, 0.4) is 0 Å². The molecule has 6 nitrogen and oxygen atoms in total. The molecule has 1 aliphatic carbocycles. The molecule has 2 aromatic rings. The standard InChI is InChI=1S/C18H25N5O/c1-13-6-17-20-10-16(11-23(17)22-13)8-19-7-15-4-5-18(21-9-15)24-12-14-2-3-14/h4-6,9,14,16,19-20H,2-3,7-8,10-12H2,1H3/t16-/m0/s1. The molecule has 2 N–H and O–H groups in total. The lowest BCUT2D eigenvalue weighted by molar-refractivity contribution is 0.288. The van der Waals surface area contributed by atoms with Gasteiger partial charge in [-0.15, -0.1) is 0 Å². The molecule has 3 heterocycles. The summed E-state index contributed by atoms with van der Waals surface area (Å²) in [6.07, 6.45) is 4.51. The quantitative estimate of drug-likeness (QED) is 0.816. The van der Waals surface area contributed by atoms with Crippen LogP contribution in [0.5, 0.6) is 5.88 Å². The predicted molar refractivity (Wildman–Crippen MR) is 93.1 cm³/mol. The predicted octanol–water partition coefficient (Wildman–Crippen LogP) is 2.21. The van der Waals surface area contributed by atoms with E-state index in [4.69, 9.17) is 4.74 Å². The van der Waals surface area contributed by atoms with Gasteiger partial charge in [-0.05, 0) is 31.2 Å².